The van der Waals surface area contributed by atoms with Crippen molar-refractivity contribution in [3.8, 4) is 11.5 Å². The van der Waals surface area contributed by atoms with Crippen molar-refractivity contribution in [3.05, 3.63) is 24.3 Å². The number of carbonyl (C=O) groups is 1. The first-order chi connectivity index (χ1) is 9.70. The van der Waals surface area contributed by atoms with E-state index in [-0.39, 0.29) is 24.4 Å². The number of halogens is 1. The lowest BCUT2D eigenvalue weighted by Crippen LogP contribution is -2.46. The number of likely N-dealkylation sites (tertiary alicyclic amines) is 1. The topological polar surface area (TPSA) is 64.8 Å². The maximum Gasteiger partial charge on any atom is 0.226 e. The Labute approximate surface area is 131 Å². The van der Waals surface area contributed by atoms with Crippen molar-refractivity contribution in [2.24, 2.45) is 5.73 Å². The molecule has 0 saturated carbocycles. The molecule has 6 heteroatoms. The molecule has 1 fully saturated rings. The number of hydrogen-bond donors (Lipinski definition) is 1. The number of methoxy groups -OCH3 is 1. The fraction of sp³-hybridized carbons (Fsp3) is 0.533. The average molecular weight is 315 g/mol. The van der Waals surface area contributed by atoms with Crippen LogP contribution in [0.15, 0.2) is 24.3 Å². The van der Waals surface area contributed by atoms with Gasteiger partial charge in [0, 0.05) is 19.1 Å². The molecular weight excluding hydrogens is 292 g/mol. The van der Waals surface area contributed by atoms with Gasteiger partial charge in [-0.1, -0.05) is 12.1 Å². The lowest BCUT2D eigenvalue weighted by Gasteiger charge is -2.30. The van der Waals surface area contributed by atoms with Crippen LogP contribution in [0.4, 0.5) is 0 Å². The summed E-state index contributed by atoms with van der Waals surface area (Å²) in [5.41, 5.74) is 5.88. The largest absolute Gasteiger partial charge is 0.493 e. The number of nitrogens with zero attached hydrogens (tertiary/aromatic N) is 1. The summed E-state index contributed by atoms with van der Waals surface area (Å²) in [4.78, 5) is 13.9. The number of amides is 1. The summed E-state index contributed by atoms with van der Waals surface area (Å²) in [5.74, 6) is 1.45. The SMILES string of the molecule is COc1ccccc1OCCC(=O)N1CCCC(N)C1.Cl. The molecule has 0 radical (unpaired) electrons. The number of carbonyl (C=O) groups excluding carboxylic acids is 1. The van der Waals surface area contributed by atoms with Crippen LogP contribution in [0, 0.1) is 0 Å². The molecule has 1 aliphatic rings. The lowest BCUT2D eigenvalue weighted by molar-refractivity contribution is -0.132. The average Bonchev–Trinajstić information content (AvgIpc) is 2.47. The quantitative estimate of drug-likeness (QED) is 0.900. The Kier molecular flexibility index (Phi) is 7.32. The Morgan fingerprint density at radius 2 is 2.10 bits per heavy atom. The number of para-hydroxylation sites is 2. The minimum atomic E-state index is 0. The first kappa shape index (κ1) is 17.6. The number of piperidine rings is 1. The molecule has 1 aromatic carbocycles. The third-order valence-electron chi connectivity index (χ3n) is 3.45. The van der Waals surface area contributed by atoms with Gasteiger partial charge in [0.1, 0.15) is 0 Å². The molecule has 118 valence electrons. The zero-order chi connectivity index (χ0) is 14.4. The zero-order valence-corrected chi connectivity index (χ0v) is 13.1. The van der Waals surface area contributed by atoms with Crippen LogP contribution in [-0.4, -0.2) is 43.7 Å². The molecule has 2 N–H and O–H groups in total. The third kappa shape index (κ3) is 5.10. The summed E-state index contributed by atoms with van der Waals surface area (Å²) < 4.78 is 10.8. The van der Waals surface area contributed by atoms with Crippen molar-refractivity contribution in [2.45, 2.75) is 25.3 Å². The van der Waals surface area contributed by atoms with Crippen molar-refractivity contribution in [2.75, 3.05) is 26.8 Å². The van der Waals surface area contributed by atoms with Crippen molar-refractivity contribution >= 4 is 18.3 Å². The molecule has 21 heavy (non-hydrogen) atoms. The molecule has 0 spiro atoms. The second kappa shape index (κ2) is 8.74. The molecular formula is C15H23ClN2O3. The molecule has 0 bridgehead atoms. The van der Waals surface area contributed by atoms with Gasteiger partial charge in [0.05, 0.1) is 20.1 Å². The molecule has 2 rings (SSSR count). The van der Waals surface area contributed by atoms with E-state index in [0.717, 1.165) is 19.4 Å². The van der Waals surface area contributed by atoms with Gasteiger partial charge in [-0.15, -0.1) is 12.4 Å². The van der Waals surface area contributed by atoms with E-state index < -0.39 is 0 Å². The van der Waals surface area contributed by atoms with E-state index in [2.05, 4.69) is 0 Å². The second-order valence-electron chi connectivity index (χ2n) is 4.99. The van der Waals surface area contributed by atoms with Crippen LogP contribution in [0.5, 0.6) is 11.5 Å². The minimum absolute atomic E-state index is 0. The maximum absolute atomic E-state index is 12.0. The van der Waals surface area contributed by atoms with Gasteiger partial charge in [0.2, 0.25) is 5.91 Å². The Hall–Kier alpha value is -1.46. The smallest absolute Gasteiger partial charge is 0.226 e. The van der Waals surface area contributed by atoms with Gasteiger partial charge >= 0.3 is 0 Å². The van der Waals surface area contributed by atoms with Gasteiger partial charge in [-0.25, -0.2) is 0 Å². The molecule has 0 aliphatic carbocycles. The Bertz CT molecular complexity index is 456. The van der Waals surface area contributed by atoms with E-state index in [0.29, 0.717) is 31.1 Å². The summed E-state index contributed by atoms with van der Waals surface area (Å²) in [6.45, 7) is 1.82. The highest BCUT2D eigenvalue weighted by atomic mass is 35.5. The number of benzene rings is 1. The third-order valence-corrected chi connectivity index (χ3v) is 3.45. The van der Waals surface area contributed by atoms with E-state index in [1.54, 1.807) is 7.11 Å². The fourth-order valence-electron chi connectivity index (χ4n) is 2.38. The highest BCUT2D eigenvalue weighted by Gasteiger charge is 2.20. The van der Waals surface area contributed by atoms with E-state index in [9.17, 15) is 4.79 Å². The summed E-state index contributed by atoms with van der Waals surface area (Å²) in [5, 5.41) is 0. The molecule has 5 nitrogen and oxygen atoms in total. The highest BCUT2D eigenvalue weighted by molar-refractivity contribution is 5.85. The van der Waals surface area contributed by atoms with Crippen LogP contribution in [0.3, 0.4) is 0 Å². The summed E-state index contributed by atoms with van der Waals surface area (Å²) >= 11 is 0. The molecule has 1 unspecified atom stereocenters. The molecule has 1 aliphatic heterocycles. The molecule has 1 saturated heterocycles. The van der Waals surface area contributed by atoms with Crippen LogP contribution in [0.2, 0.25) is 0 Å². The second-order valence-corrected chi connectivity index (χ2v) is 4.99. The van der Waals surface area contributed by atoms with Crippen LogP contribution in [-0.2, 0) is 4.79 Å². The molecule has 1 amide bonds. The summed E-state index contributed by atoms with van der Waals surface area (Å²) in [6, 6.07) is 7.54. The molecule has 1 heterocycles. The Morgan fingerprint density at radius 1 is 1.38 bits per heavy atom. The van der Waals surface area contributed by atoms with Gasteiger partial charge in [-0.05, 0) is 25.0 Å². The van der Waals surface area contributed by atoms with Crippen LogP contribution >= 0.6 is 12.4 Å². The first-order valence-corrected chi connectivity index (χ1v) is 7.00. The predicted molar refractivity (Wildman–Crippen MR) is 84.1 cm³/mol. The van der Waals surface area contributed by atoms with Crippen molar-refractivity contribution in [1.82, 2.24) is 4.90 Å². The van der Waals surface area contributed by atoms with E-state index in [1.165, 1.54) is 0 Å². The standard InChI is InChI=1S/C15H22N2O3.ClH/c1-19-13-6-2-3-7-14(13)20-10-8-15(18)17-9-4-5-12(16)11-17;/h2-3,6-7,12H,4-5,8-11,16H2,1H3;1H. The van der Waals surface area contributed by atoms with Crippen molar-refractivity contribution < 1.29 is 14.3 Å². The Morgan fingerprint density at radius 3 is 2.76 bits per heavy atom. The van der Waals surface area contributed by atoms with Gasteiger partial charge in [-0.2, -0.15) is 0 Å². The number of rotatable bonds is 5. The van der Waals surface area contributed by atoms with Crippen LogP contribution < -0.4 is 15.2 Å². The van der Waals surface area contributed by atoms with E-state index in [4.69, 9.17) is 15.2 Å². The molecule has 1 aromatic rings. The van der Waals surface area contributed by atoms with Crippen LogP contribution in [0.1, 0.15) is 19.3 Å². The number of hydrogen-bond acceptors (Lipinski definition) is 4. The minimum Gasteiger partial charge on any atom is -0.493 e. The summed E-state index contributed by atoms with van der Waals surface area (Å²) in [6.07, 6.45) is 2.35. The fourth-order valence-corrected chi connectivity index (χ4v) is 2.38. The van der Waals surface area contributed by atoms with E-state index >= 15 is 0 Å². The summed E-state index contributed by atoms with van der Waals surface area (Å²) in [7, 11) is 1.60. The number of ether oxygens (including phenoxy) is 2. The van der Waals surface area contributed by atoms with E-state index in [1.807, 2.05) is 29.2 Å². The van der Waals surface area contributed by atoms with Crippen LogP contribution in [0.25, 0.3) is 0 Å². The monoisotopic (exact) mass is 314 g/mol. The first-order valence-electron chi connectivity index (χ1n) is 7.00. The van der Waals surface area contributed by atoms with Gasteiger partial charge in [0.25, 0.3) is 0 Å². The van der Waals surface area contributed by atoms with Crippen molar-refractivity contribution in [3.63, 3.8) is 0 Å². The highest BCUT2D eigenvalue weighted by Crippen LogP contribution is 2.25. The Balaban J connectivity index is 0.00000220. The molecule has 1 atom stereocenters. The van der Waals surface area contributed by atoms with Gasteiger partial charge < -0.3 is 20.1 Å². The zero-order valence-electron chi connectivity index (χ0n) is 12.3. The number of nitrogens with two attached hydrogens (primary N) is 1. The normalized spacial score (nSPS) is 17.8. The van der Waals surface area contributed by atoms with Crippen molar-refractivity contribution in [1.29, 1.82) is 0 Å². The van der Waals surface area contributed by atoms with Gasteiger partial charge in [-0.3, -0.25) is 4.79 Å². The predicted octanol–water partition coefficient (Wildman–Crippen LogP) is 1.84. The molecule has 0 aromatic heterocycles. The lowest BCUT2D eigenvalue weighted by atomic mass is 10.1. The van der Waals surface area contributed by atoms with Gasteiger partial charge in [0.15, 0.2) is 11.5 Å². The maximum atomic E-state index is 12.0.